The van der Waals surface area contributed by atoms with Crippen LogP contribution in [-0.4, -0.2) is 98.7 Å². The van der Waals surface area contributed by atoms with E-state index in [1.54, 1.807) is 31.0 Å². The lowest BCUT2D eigenvalue weighted by atomic mass is 10.1. The molecule has 144 heavy (non-hydrogen) atoms. The molecule has 0 atom stereocenters. The number of pyridine rings is 3. The van der Waals surface area contributed by atoms with E-state index in [1.165, 1.54) is 0 Å². The highest BCUT2D eigenvalue weighted by molar-refractivity contribution is 6.22. The Bertz CT molecular complexity index is 11800. The first-order valence-electron chi connectivity index (χ1n) is 47.5. The quantitative estimate of drug-likeness (QED) is 0.137. The summed E-state index contributed by atoms with van der Waals surface area (Å²) in [7, 11) is 12.3. The molecule has 0 aliphatic heterocycles. The zero-order chi connectivity index (χ0) is 95.0. The summed E-state index contributed by atoms with van der Waals surface area (Å²) in [6, 6.07) is 105. The molecule has 0 amide bonds. The van der Waals surface area contributed by atoms with Crippen molar-refractivity contribution < 1.29 is 26.5 Å². The average Bonchev–Trinajstić information content (AvgIpc) is 1.56. The Hall–Kier alpha value is -19.8. The summed E-state index contributed by atoms with van der Waals surface area (Å²) >= 11 is 0. The van der Waals surface area contributed by atoms with Crippen molar-refractivity contribution in [3.63, 3.8) is 0 Å². The van der Waals surface area contributed by atoms with Crippen LogP contribution in [-0.2, 0) is 42.3 Å². The van der Waals surface area contributed by atoms with Gasteiger partial charge >= 0.3 is 0 Å². The number of para-hydroxylation sites is 15. The average molecular weight is 1870 g/mol. The lowest BCUT2D eigenvalue weighted by Gasteiger charge is -1.98. The summed E-state index contributed by atoms with van der Waals surface area (Å²) in [5.74, 6) is 5.61. The van der Waals surface area contributed by atoms with E-state index >= 15 is 0 Å². The molecule has 0 unspecified atom stereocenters. The van der Waals surface area contributed by atoms with Crippen molar-refractivity contribution in [2.24, 2.45) is 42.3 Å². The molecule has 0 bridgehead atoms. The van der Waals surface area contributed by atoms with Gasteiger partial charge in [-0.25, -0.2) is 29.9 Å². The van der Waals surface area contributed by atoms with E-state index in [1.807, 2.05) is 178 Å². The van der Waals surface area contributed by atoms with Crippen LogP contribution in [0.2, 0.25) is 0 Å². The number of nitrogens with zero attached hydrogens (tertiary/aromatic N) is 21. The van der Waals surface area contributed by atoms with Crippen molar-refractivity contribution in [2.75, 3.05) is 0 Å². The number of imidazole rings is 12. The van der Waals surface area contributed by atoms with Crippen LogP contribution in [0.4, 0.5) is 0 Å². The van der Waals surface area contributed by atoms with Gasteiger partial charge in [0.25, 0.3) is 0 Å². The van der Waals surface area contributed by atoms with Gasteiger partial charge in [0.1, 0.15) is 50.1 Å². The molecule has 27 nitrogen and oxygen atoms in total. The van der Waals surface area contributed by atoms with Gasteiger partial charge in [-0.1, -0.05) is 127 Å². The maximum Gasteiger partial charge on any atom is 0.215 e. The van der Waals surface area contributed by atoms with E-state index in [0.717, 1.165) is 299 Å². The molecule has 0 fully saturated rings. The topological polar surface area (TPSA) is 251 Å². The zero-order valence-corrected chi connectivity index (χ0v) is 77.7. The highest BCUT2D eigenvalue weighted by atomic mass is 16.4. The summed E-state index contributed by atoms with van der Waals surface area (Å²) in [6.45, 7) is 0. The van der Waals surface area contributed by atoms with Crippen LogP contribution < -0.4 is 0 Å². The molecule has 36 aromatic rings. The minimum atomic E-state index is 0.807. The van der Waals surface area contributed by atoms with Crippen LogP contribution in [0.25, 0.3) is 299 Å². The number of rotatable bonds is 0. The van der Waals surface area contributed by atoms with Gasteiger partial charge in [-0.3, -0.25) is 41.4 Å². The van der Waals surface area contributed by atoms with Crippen molar-refractivity contribution >= 4 is 299 Å². The van der Waals surface area contributed by atoms with E-state index in [-0.39, 0.29) is 0 Å². The molecule has 0 aliphatic carbocycles. The van der Waals surface area contributed by atoms with E-state index in [0.29, 0.717) is 0 Å². The summed E-state index contributed by atoms with van der Waals surface area (Å²) < 4.78 is 62.5. The van der Waals surface area contributed by atoms with Gasteiger partial charge in [-0.05, 0) is 170 Å². The predicted molar refractivity (Wildman–Crippen MR) is 572 cm³/mol. The summed E-state index contributed by atoms with van der Waals surface area (Å²) in [5, 5.41) is 13.5. The first-order valence-corrected chi connectivity index (χ1v) is 47.5. The normalized spacial score (nSPS) is 12.4. The second-order valence-corrected chi connectivity index (χ2v) is 36.9. The Kier molecular flexibility index (Phi) is 16.2. The lowest BCUT2D eigenvalue weighted by molar-refractivity contribution is 0.666. The number of fused-ring (bicyclic) bond motifs is 52. The van der Waals surface area contributed by atoms with Crippen molar-refractivity contribution in [3.8, 4) is 0 Å². The minimum Gasteiger partial charge on any atom is -0.456 e. The van der Waals surface area contributed by atoms with Crippen molar-refractivity contribution in [1.29, 1.82) is 0 Å². The maximum absolute atomic E-state index is 6.20. The third kappa shape index (κ3) is 11.0. The standard InChI is InChI=1S/3C20H13N3O.3C19H12N4O/c1-22-16-10-13-12-6-2-5-9-18(12)24-19(13)11-17(16)23-15-8-4-3-7-14(15)21-20(22)23;1-22-18-16(23-15-8-4-3-7-14(15)21-20(22)23)11-10-13-12-6-2-5-9-17(12)24-19(13)18;1-22-19-15(23-14-8-4-3-7-13(14)21-20(22)23)10-11-17-18(19)12-6-2-5-9-16(12)24-17;1-22-15-9-17-12(11-6-7-20-10-18(11)24-17)8-16(15)23-14-5-3-2-4-13(14)21-19(22)23;1-22-15-7-6-12-11-8-9-20-10-16(11)24-18(12)17(15)23-14-5-3-2-4-13(14)21-19(22)23;1-22-14-6-7-15-17(11-8-9-20-10-16(11)24-15)18(14)23-13-5-3-2-4-12(13)21-19(22)23/h3*2-11H,1H3;3*2-10H,1H3. The van der Waals surface area contributed by atoms with E-state index in [9.17, 15) is 0 Å². The Balaban J connectivity index is 0.0000000788. The molecular weight excluding hydrogens is 1800 g/mol. The van der Waals surface area contributed by atoms with Crippen LogP contribution in [0.1, 0.15) is 0 Å². The molecular formula is C117H75N21O6. The molecule has 0 radical (unpaired) electrons. The second kappa shape index (κ2) is 29.4. The predicted octanol–water partition coefficient (Wildman–Crippen LogP) is 27.5. The van der Waals surface area contributed by atoms with Crippen molar-refractivity contribution in [3.05, 3.63) is 347 Å². The summed E-state index contributed by atoms with van der Waals surface area (Å²) in [6.07, 6.45) is 10.7. The lowest BCUT2D eigenvalue weighted by Crippen LogP contribution is -1.88. The van der Waals surface area contributed by atoms with Gasteiger partial charge in [0.15, 0.2) is 27.9 Å². The van der Waals surface area contributed by atoms with E-state index in [2.05, 4.69) is 249 Å². The van der Waals surface area contributed by atoms with Gasteiger partial charge in [-0.2, -0.15) is 0 Å². The molecule has 0 saturated carbocycles. The third-order valence-electron chi connectivity index (χ3n) is 29.2. The molecule has 0 aliphatic rings. The zero-order valence-electron chi connectivity index (χ0n) is 77.7. The molecule has 0 saturated heterocycles. The highest BCUT2D eigenvalue weighted by Crippen LogP contribution is 2.45. The van der Waals surface area contributed by atoms with Gasteiger partial charge in [-0.15, -0.1) is 0 Å². The molecule has 684 valence electrons. The first kappa shape index (κ1) is 79.3. The summed E-state index contributed by atoms with van der Waals surface area (Å²) in [5.41, 5.74) is 36.7. The van der Waals surface area contributed by atoms with Crippen molar-refractivity contribution in [2.45, 2.75) is 0 Å². The Morgan fingerprint density at radius 3 is 1.00 bits per heavy atom. The molecule has 21 heterocycles. The number of hydrogen-bond acceptors (Lipinski definition) is 15. The number of furan rings is 6. The number of hydrogen-bond donors (Lipinski definition) is 0. The second-order valence-electron chi connectivity index (χ2n) is 36.9. The molecule has 36 rings (SSSR count). The maximum atomic E-state index is 6.20. The fourth-order valence-electron chi connectivity index (χ4n) is 22.7. The number of aryl methyl sites for hydroxylation is 6. The third-order valence-corrected chi connectivity index (χ3v) is 29.2. The number of benzene rings is 15. The van der Waals surface area contributed by atoms with Crippen LogP contribution in [0.3, 0.4) is 0 Å². The highest BCUT2D eigenvalue weighted by Gasteiger charge is 2.28. The first-order chi connectivity index (χ1) is 70.9. The molecule has 0 spiro atoms. The van der Waals surface area contributed by atoms with E-state index in [4.69, 9.17) is 56.4 Å². The largest absolute Gasteiger partial charge is 0.456 e. The van der Waals surface area contributed by atoms with Gasteiger partial charge in [0.05, 0.1) is 151 Å². The summed E-state index contributed by atoms with van der Waals surface area (Å²) in [4.78, 5) is 41.3. The Morgan fingerprint density at radius 1 is 0.174 bits per heavy atom. The number of aromatic nitrogens is 21. The smallest absolute Gasteiger partial charge is 0.215 e. The van der Waals surface area contributed by atoms with E-state index < -0.39 is 0 Å². The fourth-order valence-corrected chi connectivity index (χ4v) is 22.7. The Morgan fingerprint density at radius 2 is 0.465 bits per heavy atom. The monoisotopic (exact) mass is 1870 g/mol. The van der Waals surface area contributed by atoms with Gasteiger partial charge in [0, 0.05) is 127 Å². The molecule has 21 aromatic heterocycles. The fraction of sp³-hybridized carbons (Fsp3) is 0.0513. The van der Waals surface area contributed by atoms with Crippen LogP contribution in [0.5, 0.6) is 0 Å². The van der Waals surface area contributed by atoms with Gasteiger partial charge < -0.3 is 53.9 Å². The molecule has 27 heteroatoms. The minimum absolute atomic E-state index is 0.807. The Labute approximate surface area is 807 Å². The van der Waals surface area contributed by atoms with Crippen molar-refractivity contribution in [1.82, 2.24) is 98.7 Å². The molecule has 0 N–H and O–H groups in total. The van der Waals surface area contributed by atoms with Crippen LogP contribution in [0, 0.1) is 0 Å². The van der Waals surface area contributed by atoms with Crippen LogP contribution in [0.15, 0.2) is 373 Å². The molecule has 15 aromatic carbocycles. The van der Waals surface area contributed by atoms with Gasteiger partial charge in [0.2, 0.25) is 34.7 Å². The van der Waals surface area contributed by atoms with Crippen LogP contribution >= 0.6 is 0 Å². The SMILES string of the molecule is Cn1c2c3c(ccc2n2c4ccccc4nc12)oc1ccccc13.Cn1c2c3oc4ccccc4c3ccc2n2c3ccccc3nc12.Cn1c2cc3c(cc2n2c4ccccc4nc12)oc1ccccc13.Cn1c2cc3oc4cnccc4c3cc2n2c3ccccc3nc12.Cn1c2ccc3c4ccncc4oc3c2n2c3ccccc3nc12.Cn1c2ccc3oc4cnccc4c3c2n2c3ccccc3nc12.